The maximum atomic E-state index is 9.30. The summed E-state index contributed by atoms with van der Waals surface area (Å²) in [4.78, 5) is 7.84. The van der Waals surface area contributed by atoms with E-state index in [-0.39, 0.29) is 6.61 Å². The van der Waals surface area contributed by atoms with E-state index in [2.05, 4.69) is 16.9 Å². The summed E-state index contributed by atoms with van der Waals surface area (Å²) in [6, 6.07) is 15.2. The number of aliphatic hydroxyl groups excluding tert-OH is 1. The van der Waals surface area contributed by atoms with Crippen LogP contribution in [0.2, 0.25) is 5.02 Å². The molecular weight excluding hydrogens is 388 g/mol. The average Bonchev–Trinajstić information content (AvgIpc) is 3.35. The zero-order valence-electron chi connectivity index (χ0n) is 16.2. The van der Waals surface area contributed by atoms with Crippen LogP contribution in [0.15, 0.2) is 52.9 Å². The minimum Gasteiger partial charge on any atom is -0.493 e. The van der Waals surface area contributed by atoms with E-state index in [9.17, 15) is 5.11 Å². The number of imidazole rings is 1. The predicted molar refractivity (Wildman–Crippen MR) is 114 cm³/mol. The van der Waals surface area contributed by atoms with E-state index in [0.717, 1.165) is 46.5 Å². The number of H-pyrrole nitrogens is 1. The van der Waals surface area contributed by atoms with Crippen LogP contribution < -0.4 is 4.74 Å². The molecule has 4 aromatic rings. The number of furan rings is 1. The molecule has 0 fully saturated rings. The number of halogens is 1. The highest BCUT2D eigenvalue weighted by molar-refractivity contribution is 6.30. The van der Waals surface area contributed by atoms with Crippen LogP contribution in [0.4, 0.5) is 0 Å². The number of fused-ring (bicyclic) bond motifs is 1. The van der Waals surface area contributed by atoms with Gasteiger partial charge >= 0.3 is 0 Å². The van der Waals surface area contributed by atoms with E-state index >= 15 is 0 Å². The highest BCUT2D eigenvalue weighted by Gasteiger charge is 2.13. The number of aromatic amines is 1. The standard InChI is InChI=1S/C23H23ClN2O3/c1-2-3-10-28-21-8-5-17(24)12-16(21)13-18-6-9-22(29-18)23-25-19-7-4-15(14-27)11-20(19)26-23/h4-9,11-12,27H,2-3,10,13-14H2,1H3,(H,25,26). The largest absolute Gasteiger partial charge is 0.493 e. The molecule has 0 aliphatic carbocycles. The molecular formula is C23H23ClN2O3. The molecule has 2 N–H and O–H groups in total. The normalized spacial score (nSPS) is 11.3. The number of aliphatic hydroxyl groups is 1. The maximum absolute atomic E-state index is 9.30. The number of hydrogen-bond donors (Lipinski definition) is 2. The number of unbranched alkanes of at least 4 members (excludes halogenated alkanes) is 1. The molecule has 0 aliphatic rings. The van der Waals surface area contributed by atoms with E-state index in [0.29, 0.717) is 29.6 Å². The molecule has 0 amide bonds. The summed E-state index contributed by atoms with van der Waals surface area (Å²) in [7, 11) is 0. The van der Waals surface area contributed by atoms with Crippen molar-refractivity contribution in [3.05, 3.63) is 70.4 Å². The van der Waals surface area contributed by atoms with Gasteiger partial charge in [0, 0.05) is 17.0 Å². The van der Waals surface area contributed by atoms with Gasteiger partial charge in [0.15, 0.2) is 11.6 Å². The highest BCUT2D eigenvalue weighted by atomic mass is 35.5. The SMILES string of the molecule is CCCCOc1ccc(Cl)cc1Cc1ccc(-c2nc3ccc(CO)cc3[nH]2)o1. The quantitative estimate of drug-likeness (QED) is 0.363. The van der Waals surface area contributed by atoms with Crippen molar-refractivity contribution in [2.45, 2.75) is 32.8 Å². The summed E-state index contributed by atoms with van der Waals surface area (Å²) in [5.41, 5.74) is 3.53. The molecule has 0 spiro atoms. The number of aromatic nitrogens is 2. The van der Waals surface area contributed by atoms with Crippen LogP contribution in [0.1, 0.15) is 36.7 Å². The van der Waals surface area contributed by atoms with Crippen molar-refractivity contribution in [1.82, 2.24) is 9.97 Å². The van der Waals surface area contributed by atoms with Gasteiger partial charge in [0.25, 0.3) is 0 Å². The fourth-order valence-electron chi connectivity index (χ4n) is 3.21. The Kier molecular flexibility index (Phi) is 5.88. The van der Waals surface area contributed by atoms with E-state index in [1.54, 1.807) is 0 Å². The molecule has 29 heavy (non-hydrogen) atoms. The lowest BCUT2D eigenvalue weighted by Crippen LogP contribution is -2.00. The Bertz CT molecular complexity index is 1120. The van der Waals surface area contributed by atoms with Gasteiger partial charge in [-0.05, 0) is 54.4 Å². The number of nitrogens with zero attached hydrogens (tertiary/aromatic N) is 1. The summed E-state index contributed by atoms with van der Waals surface area (Å²) >= 11 is 6.20. The Morgan fingerprint density at radius 3 is 2.86 bits per heavy atom. The van der Waals surface area contributed by atoms with Gasteiger partial charge in [-0.2, -0.15) is 0 Å². The molecule has 2 aromatic heterocycles. The van der Waals surface area contributed by atoms with Crippen LogP contribution in [-0.4, -0.2) is 21.7 Å². The van der Waals surface area contributed by atoms with E-state index in [1.165, 1.54) is 0 Å². The molecule has 0 saturated heterocycles. The Morgan fingerprint density at radius 2 is 2.03 bits per heavy atom. The molecule has 6 heteroatoms. The summed E-state index contributed by atoms with van der Waals surface area (Å²) < 4.78 is 12.0. The number of benzene rings is 2. The smallest absolute Gasteiger partial charge is 0.174 e. The lowest BCUT2D eigenvalue weighted by atomic mass is 10.1. The minimum atomic E-state index is -0.00249. The van der Waals surface area contributed by atoms with Gasteiger partial charge in [0.1, 0.15) is 11.5 Å². The summed E-state index contributed by atoms with van der Waals surface area (Å²) in [5, 5.41) is 9.97. The number of nitrogens with one attached hydrogen (secondary N) is 1. The van der Waals surface area contributed by atoms with Crippen LogP contribution in [0, 0.1) is 0 Å². The molecule has 2 heterocycles. The van der Waals surface area contributed by atoms with Crippen molar-refractivity contribution in [1.29, 1.82) is 0 Å². The van der Waals surface area contributed by atoms with Crippen LogP contribution >= 0.6 is 11.6 Å². The van der Waals surface area contributed by atoms with E-state index in [1.807, 2.05) is 48.5 Å². The first-order valence-corrected chi connectivity index (χ1v) is 10.1. The average molecular weight is 411 g/mol. The lowest BCUT2D eigenvalue weighted by Gasteiger charge is -2.11. The molecule has 0 saturated carbocycles. The van der Waals surface area contributed by atoms with Gasteiger partial charge in [-0.1, -0.05) is 31.0 Å². The molecule has 0 unspecified atom stereocenters. The van der Waals surface area contributed by atoms with Crippen LogP contribution in [-0.2, 0) is 13.0 Å². The molecule has 5 nitrogen and oxygen atoms in total. The van der Waals surface area contributed by atoms with E-state index in [4.69, 9.17) is 20.8 Å². The Balaban J connectivity index is 1.56. The maximum Gasteiger partial charge on any atom is 0.174 e. The number of ether oxygens (including phenoxy) is 1. The number of hydrogen-bond acceptors (Lipinski definition) is 4. The van der Waals surface area contributed by atoms with Crippen molar-refractivity contribution in [3.63, 3.8) is 0 Å². The lowest BCUT2D eigenvalue weighted by molar-refractivity contribution is 0.282. The monoisotopic (exact) mass is 410 g/mol. The summed E-state index contributed by atoms with van der Waals surface area (Å²) in [6.07, 6.45) is 2.68. The Labute approximate surface area is 174 Å². The second kappa shape index (κ2) is 8.72. The molecule has 0 atom stereocenters. The van der Waals surface area contributed by atoms with Gasteiger partial charge in [0.2, 0.25) is 0 Å². The fraction of sp³-hybridized carbons (Fsp3) is 0.261. The van der Waals surface area contributed by atoms with Crippen LogP contribution in [0.5, 0.6) is 5.75 Å². The summed E-state index contributed by atoms with van der Waals surface area (Å²) in [6.45, 7) is 2.82. The zero-order valence-corrected chi connectivity index (χ0v) is 17.0. The number of rotatable bonds is 8. The molecule has 0 bridgehead atoms. The highest BCUT2D eigenvalue weighted by Crippen LogP contribution is 2.29. The first-order valence-electron chi connectivity index (χ1n) is 9.76. The van der Waals surface area contributed by atoms with Crippen LogP contribution in [0.3, 0.4) is 0 Å². The van der Waals surface area contributed by atoms with Gasteiger partial charge in [-0.15, -0.1) is 0 Å². The van der Waals surface area contributed by atoms with Crippen molar-refractivity contribution >= 4 is 22.6 Å². The summed E-state index contributed by atoms with van der Waals surface area (Å²) in [5.74, 6) is 2.96. The van der Waals surface area contributed by atoms with Crippen molar-refractivity contribution < 1.29 is 14.3 Å². The fourth-order valence-corrected chi connectivity index (χ4v) is 3.41. The van der Waals surface area contributed by atoms with Gasteiger partial charge in [0.05, 0.1) is 24.2 Å². The molecule has 150 valence electrons. The second-order valence-electron chi connectivity index (χ2n) is 6.99. The first-order chi connectivity index (χ1) is 14.2. The van der Waals surface area contributed by atoms with Crippen molar-refractivity contribution in [2.75, 3.05) is 6.61 Å². The first kappa shape index (κ1) is 19.6. The van der Waals surface area contributed by atoms with Crippen LogP contribution in [0.25, 0.3) is 22.6 Å². The van der Waals surface area contributed by atoms with Crippen molar-refractivity contribution in [3.8, 4) is 17.3 Å². The minimum absolute atomic E-state index is 0.00249. The van der Waals surface area contributed by atoms with E-state index < -0.39 is 0 Å². The van der Waals surface area contributed by atoms with Crippen molar-refractivity contribution in [2.24, 2.45) is 0 Å². The predicted octanol–water partition coefficient (Wildman–Crippen LogP) is 5.74. The second-order valence-corrected chi connectivity index (χ2v) is 7.43. The third-order valence-corrected chi connectivity index (χ3v) is 5.00. The molecule has 0 aliphatic heterocycles. The van der Waals surface area contributed by atoms with Gasteiger partial charge < -0.3 is 19.2 Å². The third kappa shape index (κ3) is 4.47. The third-order valence-electron chi connectivity index (χ3n) is 4.77. The topological polar surface area (TPSA) is 71.3 Å². The zero-order chi connectivity index (χ0) is 20.2. The van der Waals surface area contributed by atoms with Gasteiger partial charge in [-0.3, -0.25) is 0 Å². The molecule has 2 aromatic carbocycles. The molecule has 0 radical (unpaired) electrons. The molecule has 4 rings (SSSR count). The Hall–Kier alpha value is -2.76. The Morgan fingerprint density at radius 1 is 1.14 bits per heavy atom. The van der Waals surface area contributed by atoms with Gasteiger partial charge in [-0.25, -0.2) is 4.98 Å².